The Labute approximate surface area is 85.7 Å². The standard InChI is InChI=1S/C12H18N2/c1-9(2)8-14-11-6-5-10-4-3-7-13-12(10)11/h3-4,7,9,11,14H,5-6,8H2,1-2H3. The molecule has 1 N–H and O–H groups in total. The summed E-state index contributed by atoms with van der Waals surface area (Å²) in [5.41, 5.74) is 2.70. The first kappa shape index (κ1) is 9.66. The molecule has 0 amide bonds. The number of pyridine rings is 1. The fraction of sp³-hybridized carbons (Fsp3) is 0.583. The molecule has 0 saturated carbocycles. The van der Waals surface area contributed by atoms with Gasteiger partial charge in [-0.05, 0) is 36.9 Å². The van der Waals surface area contributed by atoms with Crippen molar-refractivity contribution in [1.82, 2.24) is 10.3 Å². The molecule has 14 heavy (non-hydrogen) atoms. The Morgan fingerprint density at radius 2 is 2.43 bits per heavy atom. The highest BCUT2D eigenvalue weighted by atomic mass is 14.9. The fourth-order valence-corrected chi connectivity index (χ4v) is 1.99. The molecule has 0 fully saturated rings. The first-order valence-corrected chi connectivity index (χ1v) is 5.44. The van der Waals surface area contributed by atoms with Crippen LogP contribution in [0.1, 0.15) is 37.6 Å². The van der Waals surface area contributed by atoms with E-state index in [2.05, 4.69) is 30.2 Å². The zero-order chi connectivity index (χ0) is 9.97. The lowest BCUT2D eigenvalue weighted by Crippen LogP contribution is -2.24. The molecule has 0 aliphatic heterocycles. The Bertz CT molecular complexity index is 307. The lowest BCUT2D eigenvalue weighted by Gasteiger charge is -2.14. The molecule has 2 heteroatoms. The Morgan fingerprint density at radius 1 is 1.57 bits per heavy atom. The molecule has 0 aromatic carbocycles. The smallest absolute Gasteiger partial charge is 0.0605 e. The minimum Gasteiger partial charge on any atom is -0.308 e. The highest BCUT2D eigenvalue weighted by Gasteiger charge is 2.22. The predicted molar refractivity (Wildman–Crippen MR) is 58.1 cm³/mol. The van der Waals surface area contributed by atoms with Crippen molar-refractivity contribution in [3.05, 3.63) is 29.6 Å². The average Bonchev–Trinajstić information content (AvgIpc) is 2.58. The molecular weight excluding hydrogens is 172 g/mol. The summed E-state index contributed by atoms with van der Waals surface area (Å²) < 4.78 is 0. The van der Waals surface area contributed by atoms with E-state index in [-0.39, 0.29) is 0 Å². The van der Waals surface area contributed by atoms with Crippen LogP contribution in [0, 0.1) is 5.92 Å². The Morgan fingerprint density at radius 3 is 3.21 bits per heavy atom. The van der Waals surface area contributed by atoms with Crippen LogP contribution < -0.4 is 5.32 Å². The number of aromatic nitrogens is 1. The summed E-state index contributed by atoms with van der Waals surface area (Å²) in [4.78, 5) is 4.46. The summed E-state index contributed by atoms with van der Waals surface area (Å²) in [7, 11) is 0. The van der Waals surface area contributed by atoms with E-state index >= 15 is 0 Å². The number of nitrogens with zero attached hydrogens (tertiary/aromatic N) is 1. The van der Waals surface area contributed by atoms with E-state index in [1.807, 2.05) is 12.3 Å². The van der Waals surface area contributed by atoms with Crippen LogP contribution in [0.5, 0.6) is 0 Å². The number of hydrogen-bond donors (Lipinski definition) is 1. The maximum atomic E-state index is 4.46. The van der Waals surface area contributed by atoms with Gasteiger partial charge in [0.25, 0.3) is 0 Å². The van der Waals surface area contributed by atoms with Gasteiger partial charge in [-0.3, -0.25) is 4.98 Å². The van der Waals surface area contributed by atoms with Crippen molar-refractivity contribution >= 4 is 0 Å². The van der Waals surface area contributed by atoms with Gasteiger partial charge in [0.2, 0.25) is 0 Å². The highest BCUT2D eigenvalue weighted by molar-refractivity contribution is 5.27. The molecule has 0 spiro atoms. The van der Waals surface area contributed by atoms with E-state index in [4.69, 9.17) is 0 Å². The molecule has 1 aliphatic rings. The SMILES string of the molecule is CC(C)CNC1CCc2cccnc21. The molecule has 2 rings (SSSR count). The molecular formula is C12H18N2. The molecule has 1 aliphatic carbocycles. The van der Waals surface area contributed by atoms with Crippen molar-refractivity contribution in [2.75, 3.05) is 6.54 Å². The molecule has 76 valence electrons. The molecule has 2 nitrogen and oxygen atoms in total. The summed E-state index contributed by atoms with van der Waals surface area (Å²) in [6, 6.07) is 4.72. The molecule has 0 bridgehead atoms. The van der Waals surface area contributed by atoms with Crippen molar-refractivity contribution < 1.29 is 0 Å². The molecule has 1 unspecified atom stereocenters. The van der Waals surface area contributed by atoms with Gasteiger partial charge in [-0.25, -0.2) is 0 Å². The lowest BCUT2D eigenvalue weighted by molar-refractivity contribution is 0.466. The Kier molecular flexibility index (Phi) is 2.82. The molecule has 0 saturated heterocycles. The third-order valence-corrected chi connectivity index (χ3v) is 2.73. The van der Waals surface area contributed by atoms with Crippen LogP contribution in [0.15, 0.2) is 18.3 Å². The summed E-state index contributed by atoms with van der Waals surface area (Å²) in [5.74, 6) is 0.711. The largest absolute Gasteiger partial charge is 0.308 e. The maximum absolute atomic E-state index is 4.46. The van der Waals surface area contributed by atoms with Gasteiger partial charge in [-0.1, -0.05) is 19.9 Å². The van der Waals surface area contributed by atoms with Crippen LogP contribution in [-0.2, 0) is 6.42 Å². The molecule has 1 atom stereocenters. The average molecular weight is 190 g/mol. The van der Waals surface area contributed by atoms with Crippen LogP contribution in [0.3, 0.4) is 0 Å². The minimum absolute atomic E-state index is 0.494. The number of rotatable bonds is 3. The van der Waals surface area contributed by atoms with E-state index in [9.17, 15) is 0 Å². The molecule has 1 heterocycles. The second-order valence-electron chi connectivity index (χ2n) is 4.44. The Balaban J connectivity index is 2.03. The summed E-state index contributed by atoms with van der Waals surface area (Å²) in [6.45, 7) is 5.56. The topological polar surface area (TPSA) is 24.9 Å². The van der Waals surface area contributed by atoms with Crippen LogP contribution in [-0.4, -0.2) is 11.5 Å². The van der Waals surface area contributed by atoms with Gasteiger partial charge in [0, 0.05) is 6.20 Å². The van der Waals surface area contributed by atoms with Gasteiger partial charge >= 0.3 is 0 Å². The van der Waals surface area contributed by atoms with Gasteiger partial charge < -0.3 is 5.32 Å². The van der Waals surface area contributed by atoms with Gasteiger partial charge in [0.05, 0.1) is 11.7 Å². The van der Waals surface area contributed by atoms with E-state index < -0.39 is 0 Å². The normalized spacial score (nSPS) is 20.1. The first-order chi connectivity index (χ1) is 6.77. The first-order valence-electron chi connectivity index (χ1n) is 5.44. The van der Waals surface area contributed by atoms with Crippen molar-refractivity contribution in [1.29, 1.82) is 0 Å². The van der Waals surface area contributed by atoms with Crippen LogP contribution >= 0.6 is 0 Å². The van der Waals surface area contributed by atoms with Crippen molar-refractivity contribution in [3.63, 3.8) is 0 Å². The van der Waals surface area contributed by atoms with Crippen LogP contribution in [0.2, 0.25) is 0 Å². The number of hydrogen-bond acceptors (Lipinski definition) is 2. The third-order valence-electron chi connectivity index (χ3n) is 2.73. The highest BCUT2D eigenvalue weighted by Crippen LogP contribution is 2.28. The lowest BCUT2D eigenvalue weighted by atomic mass is 10.1. The maximum Gasteiger partial charge on any atom is 0.0605 e. The quantitative estimate of drug-likeness (QED) is 0.791. The number of nitrogens with one attached hydrogen (secondary N) is 1. The van der Waals surface area contributed by atoms with Gasteiger partial charge in [-0.15, -0.1) is 0 Å². The number of fused-ring (bicyclic) bond motifs is 1. The van der Waals surface area contributed by atoms with Crippen molar-refractivity contribution in [2.24, 2.45) is 5.92 Å². The zero-order valence-corrected chi connectivity index (χ0v) is 8.96. The van der Waals surface area contributed by atoms with Gasteiger partial charge in [-0.2, -0.15) is 0 Å². The third kappa shape index (κ3) is 1.95. The van der Waals surface area contributed by atoms with E-state index in [1.54, 1.807) is 0 Å². The predicted octanol–water partition coefficient (Wildman–Crippen LogP) is 2.31. The van der Waals surface area contributed by atoms with Gasteiger partial charge in [0.1, 0.15) is 0 Å². The molecule has 1 aromatic heterocycles. The van der Waals surface area contributed by atoms with E-state index in [0.29, 0.717) is 12.0 Å². The molecule has 0 radical (unpaired) electrons. The minimum atomic E-state index is 0.494. The second-order valence-corrected chi connectivity index (χ2v) is 4.44. The van der Waals surface area contributed by atoms with Crippen molar-refractivity contribution in [2.45, 2.75) is 32.7 Å². The van der Waals surface area contributed by atoms with Crippen LogP contribution in [0.4, 0.5) is 0 Å². The van der Waals surface area contributed by atoms with Gasteiger partial charge in [0.15, 0.2) is 0 Å². The van der Waals surface area contributed by atoms with Crippen molar-refractivity contribution in [3.8, 4) is 0 Å². The monoisotopic (exact) mass is 190 g/mol. The number of aryl methyl sites for hydroxylation is 1. The summed E-state index contributed by atoms with van der Waals surface area (Å²) >= 11 is 0. The zero-order valence-electron chi connectivity index (χ0n) is 8.96. The fourth-order valence-electron chi connectivity index (χ4n) is 1.99. The summed E-state index contributed by atoms with van der Waals surface area (Å²) in [6.07, 6.45) is 4.28. The second kappa shape index (κ2) is 4.09. The van der Waals surface area contributed by atoms with E-state index in [1.165, 1.54) is 24.1 Å². The molecule has 1 aromatic rings. The van der Waals surface area contributed by atoms with E-state index in [0.717, 1.165) is 6.54 Å². The summed E-state index contributed by atoms with van der Waals surface area (Å²) in [5, 5.41) is 3.57. The Hall–Kier alpha value is -0.890. The van der Waals surface area contributed by atoms with Crippen LogP contribution in [0.25, 0.3) is 0 Å².